The van der Waals surface area contributed by atoms with E-state index >= 15 is 0 Å². The van der Waals surface area contributed by atoms with Gasteiger partial charge in [0.15, 0.2) is 11.5 Å². The number of rotatable bonds is 4. The second kappa shape index (κ2) is 7.17. The Morgan fingerprint density at radius 2 is 1.83 bits per heavy atom. The first kappa shape index (κ1) is 16.9. The van der Waals surface area contributed by atoms with E-state index in [9.17, 15) is 19.8 Å². The first-order valence-electron chi connectivity index (χ1n) is 7.48. The van der Waals surface area contributed by atoms with Crippen molar-refractivity contribution in [2.24, 2.45) is 0 Å². The zero-order valence-corrected chi connectivity index (χ0v) is 12.9. The van der Waals surface area contributed by atoms with E-state index in [4.69, 9.17) is 9.47 Å². The van der Waals surface area contributed by atoms with E-state index in [2.05, 4.69) is 0 Å². The fourth-order valence-electron chi connectivity index (χ4n) is 2.69. The molecule has 0 aliphatic heterocycles. The maximum atomic E-state index is 12.0. The molecule has 6 heteroatoms. The molecule has 0 saturated heterocycles. The lowest BCUT2D eigenvalue weighted by Crippen LogP contribution is -2.45. The molecule has 1 fully saturated rings. The summed E-state index contributed by atoms with van der Waals surface area (Å²) in [7, 11) is 1.28. The number of esters is 2. The molecule has 2 N–H and O–H groups in total. The molecule has 6 nitrogen and oxygen atoms in total. The smallest absolute Gasteiger partial charge is 0.350 e. The third-order valence-electron chi connectivity index (χ3n) is 3.93. The SMILES string of the molecule is COC(=O)C1(OC(=O)/C=C/c2ccc(O)c(O)c2)CCCCC1. The molecular weight excluding hydrogens is 300 g/mol. The van der Waals surface area contributed by atoms with Crippen LogP contribution in [0.25, 0.3) is 6.08 Å². The summed E-state index contributed by atoms with van der Waals surface area (Å²) in [5.41, 5.74) is -0.682. The van der Waals surface area contributed by atoms with Gasteiger partial charge in [-0.25, -0.2) is 9.59 Å². The lowest BCUT2D eigenvalue weighted by atomic mass is 9.84. The Kier molecular flexibility index (Phi) is 5.26. The summed E-state index contributed by atoms with van der Waals surface area (Å²) in [4.78, 5) is 24.0. The standard InChI is InChI=1S/C17H20O6/c1-22-16(21)17(9-3-2-4-10-17)23-15(20)8-6-12-5-7-13(18)14(19)11-12/h5-8,11,18-19H,2-4,9-10H2,1H3/b8-6+. The first-order chi connectivity index (χ1) is 11.0. The van der Waals surface area contributed by atoms with Crippen LogP contribution in [-0.4, -0.2) is 34.9 Å². The highest BCUT2D eigenvalue weighted by Gasteiger charge is 2.44. The first-order valence-corrected chi connectivity index (χ1v) is 7.48. The van der Waals surface area contributed by atoms with Crippen molar-refractivity contribution in [1.29, 1.82) is 0 Å². The van der Waals surface area contributed by atoms with Crippen LogP contribution in [-0.2, 0) is 19.1 Å². The molecule has 1 aromatic carbocycles. The third-order valence-corrected chi connectivity index (χ3v) is 3.93. The van der Waals surface area contributed by atoms with Crippen LogP contribution in [0.4, 0.5) is 0 Å². The van der Waals surface area contributed by atoms with Gasteiger partial charge in [0, 0.05) is 6.08 Å². The van der Waals surface area contributed by atoms with Crippen molar-refractivity contribution in [2.75, 3.05) is 7.11 Å². The lowest BCUT2D eigenvalue weighted by molar-refractivity contribution is -0.181. The number of carbonyl (C=O) groups is 2. The number of benzene rings is 1. The van der Waals surface area contributed by atoms with Crippen LogP contribution >= 0.6 is 0 Å². The van der Waals surface area contributed by atoms with Crippen molar-refractivity contribution < 1.29 is 29.3 Å². The van der Waals surface area contributed by atoms with Gasteiger partial charge >= 0.3 is 11.9 Å². The number of ether oxygens (including phenoxy) is 2. The van der Waals surface area contributed by atoms with Gasteiger partial charge in [-0.2, -0.15) is 0 Å². The van der Waals surface area contributed by atoms with Crippen molar-refractivity contribution >= 4 is 18.0 Å². The molecule has 1 saturated carbocycles. The molecule has 124 valence electrons. The minimum absolute atomic E-state index is 0.239. The maximum absolute atomic E-state index is 12.0. The summed E-state index contributed by atoms with van der Waals surface area (Å²) in [5.74, 6) is -1.69. The Morgan fingerprint density at radius 3 is 2.43 bits per heavy atom. The van der Waals surface area contributed by atoms with Crippen LogP contribution in [0, 0.1) is 0 Å². The Labute approximate surface area is 134 Å². The monoisotopic (exact) mass is 320 g/mol. The predicted molar refractivity (Wildman–Crippen MR) is 82.7 cm³/mol. The largest absolute Gasteiger partial charge is 0.504 e. The van der Waals surface area contributed by atoms with Gasteiger partial charge in [-0.15, -0.1) is 0 Å². The van der Waals surface area contributed by atoms with E-state index in [1.807, 2.05) is 0 Å². The highest BCUT2D eigenvalue weighted by molar-refractivity contribution is 5.91. The second-order valence-electron chi connectivity index (χ2n) is 5.55. The number of phenolic OH excluding ortho intramolecular Hbond substituents is 2. The average Bonchev–Trinajstić information content (AvgIpc) is 2.56. The van der Waals surface area contributed by atoms with Gasteiger partial charge in [-0.1, -0.05) is 12.5 Å². The fraction of sp³-hybridized carbons (Fsp3) is 0.412. The minimum Gasteiger partial charge on any atom is -0.504 e. The van der Waals surface area contributed by atoms with Crippen LogP contribution in [0.1, 0.15) is 37.7 Å². The summed E-state index contributed by atoms with van der Waals surface area (Å²) in [6.45, 7) is 0. The van der Waals surface area contributed by atoms with E-state index in [-0.39, 0.29) is 11.5 Å². The van der Waals surface area contributed by atoms with Gasteiger partial charge in [0.1, 0.15) is 0 Å². The zero-order valence-electron chi connectivity index (χ0n) is 12.9. The number of phenols is 2. The number of methoxy groups -OCH3 is 1. The average molecular weight is 320 g/mol. The van der Waals surface area contributed by atoms with Crippen molar-refractivity contribution in [1.82, 2.24) is 0 Å². The Morgan fingerprint density at radius 1 is 1.13 bits per heavy atom. The summed E-state index contributed by atoms with van der Waals surface area (Å²) in [5, 5.41) is 18.7. The number of aromatic hydroxyl groups is 2. The summed E-state index contributed by atoms with van der Waals surface area (Å²) >= 11 is 0. The van der Waals surface area contributed by atoms with Crippen molar-refractivity contribution in [2.45, 2.75) is 37.7 Å². The molecule has 1 aliphatic rings. The van der Waals surface area contributed by atoms with Gasteiger partial charge in [-0.3, -0.25) is 0 Å². The molecular formula is C17H20O6. The van der Waals surface area contributed by atoms with Crippen molar-refractivity contribution in [3.8, 4) is 11.5 Å². The van der Waals surface area contributed by atoms with Crippen molar-refractivity contribution in [3.05, 3.63) is 29.8 Å². The van der Waals surface area contributed by atoms with Crippen LogP contribution in [0.15, 0.2) is 24.3 Å². The molecule has 0 unspecified atom stereocenters. The predicted octanol–water partition coefficient (Wildman–Crippen LogP) is 2.53. The van der Waals surface area contributed by atoms with Gasteiger partial charge in [0.25, 0.3) is 0 Å². The van der Waals surface area contributed by atoms with Crippen LogP contribution in [0.3, 0.4) is 0 Å². The summed E-state index contributed by atoms with van der Waals surface area (Å²) < 4.78 is 10.2. The normalized spacial score (nSPS) is 16.9. The summed E-state index contributed by atoms with van der Waals surface area (Å²) in [6.07, 6.45) is 6.15. The van der Waals surface area contributed by atoms with Crippen LogP contribution in [0.2, 0.25) is 0 Å². The Balaban J connectivity index is 2.08. The number of hydrogen-bond donors (Lipinski definition) is 2. The third kappa shape index (κ3) is 4.03. The fourth-order valence-corrected chi connectivity index (χ4v) is 2.69. The maximum Gasteiger partial charge on any atom is 0.350 e. The van der Waals surface area contributed by atoms with E-state index < -0.39 is 17.5 Å². The van der Waals surface area contributed by atoms with Crippen molar-refractivity contribution in [3.63, 3.8) is 0 Å². The molecule has 0 spiro atoms. The van der Waals surface area contributed by atoms with Crippen LogP contribution < -0.4 is 0 Å². The molecule has 0 atom stereocenters. The molecule has 2 rings (SSSR count). The highest BCUT2D eigenvalue weighted by Crippen LogP contribution is 2.33. The molecule has 0 aromatic heterocycles. The Bertz CT molecular complexity index is 614. The zero-order chi connectivity index (χ0) is 16.9. The topological polar surface area (TPSA) is 93.1 Å². The van der Waals surface area contributed by atoms with E-state index in [1.165, 1.54) is 37.5 Å². The molecule has 0 bridgehead atoms. The lowest BCUT2D eigenvalue weighted by Gasteiger charge is -2.33. The minimum atomic E-state index is -1.20. The number of hydrogen-bond acceptors (Lipinski definition) is 6. The second-order valence-corrected chi connectivity index (χ2v) is 5.55. The molecule has 0 heterocycles. The van der Waals surface area contributed by atoms with Gasteiger partial charge < -0.3 is 19.7 Å². The molecule has 1 aromatic rings. The summed E-state index contributed by atoms with van der Waals surface area (Å²) in [6, 6.07) is 4.17. The molecule has 23 heavy (non-hydrogen) atoms. The molecule has 1 aliphatic carbocycles. The quantitative estimate of drug-likeness (QED) is 0.503. The highest BCUT2D eigenvalue weighted by atomic mass is 16.6. The van der Waals surface area contributed by atoms with E-state index in [1.54, 1.807) is 0 Å². The van der Waals surface area contributed by atoms with Crippen LogP contribution in [0.5, 0.6) is 11.5 Å². The van der Waals surface area contributed by atoms with Gasteiger partial charge in [-0.05, 0) is 49.5 Å². The number of carbonyl (C=O) groups excluding carboxylic acids is 2. The Hall–Kier alpha value is -2.50. The van der Waals surface area contributed by atoms with Gasteiger partial charge in [0.2, 0.25) is 5.60 Å². The molecule has 0 radical (unpaired) electrons. The van der Waals surface area contributed by atoms with E-state index in [0.29, 0.717) is 18.4 Å². The molecule has 0 amide bonds. The van der Waals surface area contributed by atoms with Gasteiger partial charge in [0.05, 0.1) is 7.11 Å². The van der Waals surface area contributed by atoms with E-state index in [0.717, 1.165) is 19.3 Å².